The molecule has 0 aliphatic heterocycles. The third-order valence-electron chi connectivity index (χ3n) is 7.89. The second kappa shape index (κ2) is 9.69. The summed E-state index contributed by atoms with van der Waals surface area (Å²) >= 11 is 0. The molecule has 8 nitrogen and oxygen atoms in total. The van der Waals surface area contributed by atoms with E-state index in [1.54, 1.807) is 12.4 Å². The zero-order valence-electron chi connectivity index (χ0n) is 20.6. The summed E-state index contributed by atoms with van der Waals surface area (Å²) in [6.45, 7) is 0.510. The summed E-state index contributed by atoms with van der Waals surface area (Å²) in [5, 5.41) is 15.2. The molecule has 3 atom stereocenters. The van der Waals surface area contributed by atoms with Crippen molar-refractivity contribution in [3.05, 3.63) is 77.6 Å². The van der Waals surface area contributed by atoms with Gasteiger partial charge in [0.15, 0.2) is 0 Å². The monoisotopic (exact) mass is 493 g/mol. The van der Waals surface area contributed by atoms with Crippen LogP contribution in [0.5, 0.6) is 0 Å². The van der Waals surface area contributed by atoms with E-state index in [-0.39, 0.29) is 11.7 Å². The molecule has 1 amide bonds. The molecule has 188 valence electrons. The number of nitrogen functional groups attached to an aromatic ring is 1. The molecule has 0 radical (unpaired) electrons. The fourth-order valence-electron chi connectivity index (χ4n) is 5.94. The molecule has 6 N–H and O–H groups in total. The minimum Gasteiger partial charge on any atom is -0.384 e. The second-order valence-electron chi connectivity index (χ2n) is 10.3. The number of aromatic nitrogens is 3. The van der Waals surface area contributed by atoms with E-state index in [1.807, 2.05) is 48.5 Å². The number of nitrogens with one attached hydrogen (secondary N) is 4. The summed E-state index contributed by atoms with van der Waals surface area (Å²) in [5.41, 5.74) is 10.8. The van der Waals surface area contributed by atoms with E-state index in [0.29, 0.717) is 36.1 Å². The fourth-order valence-corrected chi connectivity index (χ4v) is 5.94. The van der Waals surface area contributed by atoms with Crippen LogP contribution >= 0.6 is 0 Å². The molecule has 3 unspecified atom stereocenters. The minimum atomic E-state index is -0.111. The van der Waals surface area contributed by atoms with Crippen LogP contribution in [0.25, 0.3) is 22.2 Å². The molecular formula is C29H31N7O. The van der Waals surface area contributed by atoms with E-state index in [0.717, 1.165) is 39.6 Å². The zero-order chi connectivity index (χ0) is 25.4. The number of amides is 1. The van der Waals surface area contributed by atoms with Gasteiger partial charge in [0.25, 0.3) is 5.91 Å². The summed E-state index contributed by atoms with van der Waals surface area (Å²) in [5.74, 6) is 2.23. The molecule has 6 rings (SSSR count). The summed E-state index contributed by atoms with van der Waals surface area (Å²) in [6.07, 6.45) is 9.47. The number of hydrogen-bond acceptors (Lipinski definition) is 5. The molecule has 2 bridgehead atoms. The van der Waals surface area contributed by atoms with Gasteiger partial charge >= 0.3 is 0 Å². The third kappa shape index (κ3) is 4.79. The van der Waals surface area contributed by atoms with Gasteiger partial charge in [-0.1, -0.05) is 24.6 Å². The smallest absolute Gasteiger partial charge is 0.251 e. The lowest BCUT2D eigenvalue weighted by atomic mass is 9.95. The molecule has 8 heteroatoms. The standard InChI is InChI=1S/C29H31N7O/c30-27(31)23-16-34-25-8-2-17(14-22(23)25)9-11-32-28(37)20-6-4-19(5-7-20)24-10-12-33-29(35-24)36-26-15-18-1-3-21(26)13-18/h2,4-8,10,12,14,16,18,21,26,34H,1,3,9,11,13,15H2,(H3,30,31)(H,32,37)(H,33,35,36). The number of benzene rings is 2. The van der Waals surface area contributed by atoms with Gasteiger partial charge in [-0.3, -0.25) is 10.2 Å². The molecule has 2 aromatic carbocycles. The summed E-state index contributed by atoms with van der Waals surface area (Å²) in [6, 6.07) is 15.9. The second-order valence-corrected chi connectivity index (χ2v) is 10.3. The molecule has 0 saturated heterocycles. The fraction of sp³-hybridized carbons (Fsp3) is 0.310. The number of anilines is 1. The van der Waals surface area contributed by atoms with E-state index in [4.69, 9.17) is 16.1 Å². The molecule has 2 aliphatic rings. The number of aromatic amines is 1. The van der Waals surface area contributed by atoms with E-state index < -0.39 is 0 Å². The van der Waals surface area contributed by atoms with Crippen LogP contribution in [-0.2, 0) is 6.42 Å². The van der Waals surface area contributed by atoms with E-state index in [9.17, 15) is 4.79 Å². The van der Waals surface area contributed by atoms with Crippen LogP contribution in [-0.4, -0.2) is 39.3 Å². The van der Waals surface area contributed by atoms with Gasteiger partial charge in [0.2, 0.25) is 5.95 Å². The summed E-state index contributed by atoms with van der Waals surface area (Å²) in [4.78, 5) is 25.0. The maximum Gasteiger partial charge on any atom is 0.251 e. The van der Waals surface area contributed by atoms with Crippen molar-refractivity contribution >= 4 is 28.6 Å². The predicted molar refractivity (Wildman–Crippen MR) is 146 cm³/mol. The summed E-state index contributed by atoms with van der Waals surface area (Å²) < 4.78 is 0. The van der Waals surface area contributed by atoms with E-state index in [2.05, 4.69) is 20.6 Å². The van der Waals surface area contributed by atoms with Gasteiger partial charge in [-0.15, -0.1) is 0 Å². The van der Waals surface area contributed by atoms with Crippen LogP contribution in [0.3, 0.4) is 0 Å². The van der Waals surface area contributed by atoms with Crippen LogP contribution in [0.2, 0.25) is 0 Å². The number of rotatable bonds is 8. The Morgan fingerprint density at radius 3 is 2.73 bits per heavy atom. The van der Waals surface area contributed by atoms with Crippen molar-refractivity contribution in [3.63, 3.8) is 0 Å². The Bertz CT molecular complexity index is 1460. The van der Waals surface area contributed by atoms with Crippen molar-refractivity contribution in [2.45, 2.75) is 38.1 Å². The molecule has 2 fully saturated rings. The Hall–Kier alpha value is -4.20. The quantitative estimate of drug-likeness (QED) is 0.182. The van der Waals surface area contributed by atoms with Gasteiger partial charge in [-0.2, -0.15) is 0 Å². The minimum absolute atomic E-state index is 0.0372. The van der Waals surface area contributed by atoms with Crippen LogP contribution in [0.4, 0.5) is 5.95 Å². The van der Waals surface area contributed by atoms with E-state index >= 15 is 0 Å². The lowest BCUT2D eigenvalue weighted by molar-refractivity contribution is 0.0954. The first-order chi connectivity index (χ1) is 18.0. The lowest BCUT2D eigenvalue weighted by Crippen LogP contribution is -2.26. The van der Waals surface area contributed by atoms with Gasteiger partial charge in [0.05, 0.1) is 5.69 Å². The SMILES string of the molecule is N=C(N)c1c[nH]c2ccc(CCNC(=O)c3ccc(-c4ccnc(NC5CC6CCC5C6)n4)cc3)cc12. The number of fused-ring (bicyclic) bond motifs is 3. The zero-order valence-corrected chi connectivity index (χ0v) is 20.6. The van der Waals surface area contributed by atoms with Crippen LogP contribution in [0.1, 0.15) is 47.2 Å². The average Bonchev–Trinajstić information content (AvgIpc) is 3.65. The molecule has 2 saturated carbocycles. The molecule has 37 heavy (non-hydrogen) atoms. The number of nitrogens with zero attached hydrogens (tertiary/aromatic N) is 2. The number of amidine groups is 1. The first-order valence-electron chi connectivity index (χ1n) is 13.0. The van der Waals surface area contributed by atoms with Gasteiger partial charge in [-0.25, -0.2) is 9.97 Å². The number of nitrogens with two attached hydrogens (primary N) is 1. The molecule has 0 spiro atoms. The maximum atomic E-state index is 12.7. The molecular weight excluding hydrogens is 462 g/mol. The van der Waals surface area contributed by atoms with Gasteiger partial charge in [-0.05, 0) is 73.4 Å². The maximum absolute atomic E-state index is 12.7. The number of H-pyrrole nitrogens is 1. The molecule has 4 aromatic rings. The largest absolute Gasteiger partial charge is 0.384 e. The van der Waals surface area contributed by atoms with Gasteiger partial charge in [0.1, 0.15) is 5.84 Å². The molecule has 2 heterocycles. The van der Waals surface area contributed by atoms with Crippen LogP contribution < -0.4 is 16.4 Å². The van der Waals surface area contributed by atoms with Crippen molar-refractivity contribution in [1.82, 2.24) is 20.3 Å². The van der Waals surface area contributed by atoms with Crippen molar-refractivity contribution < 1.29 is 4.79 Å². The summed E-state index contributed by atoms with van der Waals surface area (Å²) in [7, 11) is 0. The number of carbonyl (C=O) groups excluding carboxylic acids is 1. The third-order valence-corrected chi connectivity index (χ3v) is 7.89. The van der Waals surface area contributed by atoms with Crippen molar-refractivity contribution in [2.75, 3.05) is 11.9 Å². The Morgan fingerprint density at radius 2 is 1.97 bits per heavy atom. The molecule has 2 aromatic heterocycles. The first-order valence-corrected chi connectivity index (χ1v) is 13.0. The number of carbonyl (C=O) groups is 1. The van der Waals surface area contributed by atoms with Crippen molar-refractivity contribution in [1.29, 1.82) is 5.41 Å². The Labute approximate surface area is 215 Å². The highest BCUT2D eigenvalue weighted by molar-refractivity contribution is 6.07. The van der Waals surface area contributed by atoms with E-state index in [1.165, 1.54) is 25.7 Å². The van der Waals surface area contributed by atoms with Crippen LogP contribution in [0, 0.1) is 17.2 Å². The number of hydrogen-bond donors (Lipinski definition) is 5. The first kappa shape index (κ1) is 23.2. The topological polar surface area (TPSA) is 133 Å². The Balaban J connectivity index is 1.06. The predicted octanol–water partition coefficient (Wildman–Crippen LogP) is 4.48. The normalized spacial score (nSPS) is 20.3. The lowest BCUT2D eigenvalue weighted by Gasteiger charge is -2.22. The Kier molecular flexibility index (Phi) is 6.08. The Morgan fingerprint density at radius 1 is 1.11 bits per heavy atom. The highest BCUT2D eigenvalue weighted by Gasteiger charge is 2.39. The highest BCUT2D eigenvalue weighted by Crippen LogP contribution is 2.45. The average molecular weight is 494 g/mol. The van der Waals surface area contributed by atoms with Gasteiger partial charge in [0, 0.05) is 52.6 Å². The van der Waals surface area contributed by atoms with Crippen molar-refractivity contribution in [3.8, 4) is 11.3 Å². The molecule has 2 aliphatic carbocycles. The highest BCUT2D eigenvalue weighted by atomic mass is 16.1. The van der Waals surface area contributed by atoms with Crippen molar-refractivity contribution in [2.24, 2.45) is 17.6 Å². The van der Waals surface area contributed by atoms with Crippen LogP contribution in [0.15, 0.2) is 60.9 Å². The van der Waals surface area contributed by atoms with Gasteiger partial charge < -0.3 is 21.4 Å².